The molecule has 146 valence electrons. The van der Waals surface area contributed by atoms with Gasteiger partial charge in [-0.15, -0.1) is 0 Å². The Labute approximate surface area is 144 Å². The third kappa shape index (κ3) is 18.0. The number of aliphatic hydroxyl groups excluding tert-OH is 2. The first-order valence-corrected chi connectivity index (χ1v) is 8.41. The van der Waals surface area contributed by atoms with Crippen molar-refractivity contribution in [1.29, 1.82) is 0 Å². The molecule has 0 radical (unpaired) electrons. The van der Waals surface area contributed by atoms with Crippen molar-refractivity contribution in [2.24, 2.45) is 5.90 Å². The molecule has 0 aliphatic heterocycles. The molecule has 9 heteroatoms. The van der Waals surface area contributed by atoms with Crippen molar-refractivity contribution < 1.29 is 34.0 Å². The second-order valence-corrected chi connectivity index (χ2v) is 4.96. The third-order valence-corrected chi connectivity index (χ3v) is 3.06. The molecule has 0 atom stereocenters. The number of nitrogens with zero attached hydrogens (tertiary/aromatic N) is 1. The molecule has 0 aliphatic carbocycles. The lowest BCUT2D eigenvalue weighted by atomic mass is 10.4. The standard InChI is InChI=1S/C15H34N2O7/c16-24-15-14-23-13-11-21-8-4-17(2-1-5-18)3-7-20-10-12-22-9-6-19/h18-19H,1-16H2. The summed E-state index contributed by atoms with van der Waals surface area (Å²) in [4.78, 5) is 6.58. The number of rotatable bonds is 20. The minimum atomic E-state index is 0.0285. The molecule has 0 bridgehead atoms. The van der Waals surface area contributed by atoms with E-state index in [0.717, 1.165) is 26.1 Å². The lowest BCUT2D eigenvalue weighted by Crippen LogP contribution is -2.33. The Hall–Kier alpha value is -0.360. The van der Waals surface area contributed by atoms with Gasteiger partial charge in [0, 0.05) is 26.2 Å². The molecule has 0 aliphatic rings. The second kappa shape index (κ2) is 20.7. The highest BCUT2D eigenvalue weighted by molar-refractivity contribution is 4.57. The van der Waals surface area contributed by atoms with Crippen LogP contribution in [0.5, 0.6) is 0 Å². The van der Waals surface area contributed by atoms with E-state index in [4.69, 9.17) is 35.1 Å². The molecule has 0 spiro atoms. The van der Waals surface area contributed by atoms with Gasteiger partial charge in [-0.05, 0) is 6.42 Å². The number of hydrogen-bond acceptors (Lipinski definition) is 9. The molecule has 24 heavy (non-hydrogen) atoms. The van der Waals surface area contributed by atoms with Crippen molar-refractivity contribution >= 4 is 0 Å². The topological polar surface area (TPSA) is 116 Å². The van der Waals surface area contributed by atoms with Crippen molar-refractivity contribution in [2.75, 3.05) is 92.3 Å². The van der Waals surface area contributed by atoms with E-state index in [1.54, 1.807) is 0 Å². The number of aliphatic hydroxyl groups is 2. The summed E-state index contributed by atoms with van der Waals surface area (Å²) < 4.78 is 21.3. The van der Waals surface area contributed by atoms with Crippen LogP contribution in [-0.4, -0.2) is 107 Å². The first-order chi connectivity index (χ1) is 11.8. The van der Waals surface area contributed by atoms with Crippen LogP contribution in [0.3, 0.4) is 0 Å². The third-order valence-electron chi connectivity index (χ3n) is 3.06. The Bertz CT molecular complexity index is 238. The zero-order valence-electron chi connectivity index (χ0n) is 14.6. The van der Waals surface area contributed by atoms with Crippen molar-refractivity contribution in [1.82, 2.24) is 4.90 Å². The molecular formula is C15H34N2O7. The zero-order chi connectivity index (χ0) is 17.7. The first-order valence-electron chi connectivity index (χ1n) is 8.41. The monoisotopic (exact) mass is 354 g/mol. The fourth-order valence-electron chi connectivity index (χ4n) is 1.83. The summed E-state index contributed by atoms with van der Waals surface area (Å²) in [6.07, 6.45) is 0.724. The number of hydrogen-bond donors (Lipinski definition) is 3. The minimum Gasteiger partial charge on any atom is -0.396 e. The van der Waals surface area contributed by atoms with E-state index in [1.807, 2.05) is 0 Å². The van der Waals surface area contributed by atoms with Crippen LogP contribution in [0.4, 0.5) is 0 Å². The van der Waals surface area contributed by atoms with Gasteiger partial charge in [0.15, 0.2) is 0 Å². The van der Waals surface area contributed by atoms with Crippen LogP contribution in [-0.2, 0) is 23.8 Å². The average molecular weight is 354 g/mol. The van der Waals surface area contributed by atoms with E-state index in [-0.39, 0.29) is 13.2 Å². The highest BCUT2D eigenvalue weighted by atomic mass is 16.6. The quantitative estimate of drug-likeness (QED) is 0.180. The van der Waals surface area contributed by atoms with Crippen LogP contribution in [0.1, 0.15) is 6.42 Å². The van der Waals surface area contributed by atoms with Gasteiger partial charge in [0.25, 0.3) is 0 Å². The van der Waals surface area contributed by atoms with Gasteiger partial charge in [0.05, 0.1) is 66.1 Å². The van der Waals surface area contributed by atoms with Gasteiger partial charge in [-0.3, -0.25) is 4.90 Å². The van der Waals surface area contributed by atoms with E-state index in [0.29, 0.717) is 59.5 Å². The van der Waals surface area contributed by atoms with Crippen molar-refractivity contribution in [3.8, 4) is 0 Å². The Morgan fingerprint density at radius 1 is 0.583 bits per heavy atom. The van der Waals surface area contributed by atoms with Crippen LogP contribution >= 0.6 is 0 Å². The fourth-order valence-corrected chi connectivity index (χ4v) is 1.83. The summed E-state index contributed by atoms with van der Waals surface area (Å²) in [5.74, 6) is 4.88. The lowest BCUT2D eigenvalue weighted by Gasteiger charge is -2.21. The second-order valence-electron chi connectivity index (χ2n) is 4.96. The van der Waals surface area contributed by atoms with Crippen LogP contribution in [0.25, 0.3) is 0 Å². The fraction of sp³-hybridized carbons (Fsp3) is 1.00. The molecule has 0 unspecified atom stereocenters. The molecule has 0 saturated heterocycles. The largest absolute Gasteiger partial charge is 0.396 e. The predicted molar refractivity (Wildman–Crippen MR) is 88.6 cm³/mol. The molecular weight excluding hydrogens is 320 g/mol. The van der Waals surface area contributed by atoms with E-state index in [2.05, 4.69) is 9.74 Å². The van der Waals surface area contributed by atoms with Gasteiger partial charge in [-0.25, -0.2) is 5.90 Å². The summed E-state index contributed by atoms with van der Waals surface area (Å²) >= 11 is 0. The summed E-state index contributed by atoms with van der Waals surface area (Å²) in [6, 6.07) is 0. The molecule has 0 saturated carbocycles. The smallest absolute Gasteiger partial charge is 0.0913 e. The van der Waals surface area contributed by atoms with Crippen LogP contribution in [0.2, 0.25) is 0 Å². The van der Waals surface area contributed by atoms with Gasteiger partial charge in [0.1, 0.15) is 0 Å². The van der Waals surface area contributed by atoms with Crippen molar-refractivity contribution in [3.63, 3.8) is 0 Å². The summed E-state index contributed by atoms with van der Waals surface area (Å²) in [5, 5.41) is 17.5. The van der Waals surface area contributed by atoms with Crippen molar-refractivity contribution in [3.05, 3.63) is 0 Å². The number of nitrogens with two attached hydrogens (primary N) is 1. The van der Waals surface area contributed by atoms with Gasteiger partial charge in [-0.2, -0.15) is 0 Å². The van der Waals surface area contributed by atoms with Gasteiger partial charge in [-0.1, -0.05) is 0 Å². The lowest BCUT2D eigenvalue weighted by molar-refractivity contribution is 0.00542. The van der Waals surface area contributed by atoms with Gasteiger partial charge >= 0.3 is 0 Å². The van der Waals surface area contributed by atoms with E-state index in [9.17, 15) is 0 Å². The molecule has 0 aromatic heterocycles. The molecule has 0 rings (SSSR count). The van der Waals surface area contributed by atoms with E-state index >= 15 is 0 Å². The molecule has 9 nitrogen and oxygen atoms in total. The molecule has 0 aromatic carbocycles. The van der Waals surface area contributed by atoms with Crippen LogP contribution in [0, 0.1) is 0 Å². The molecule has 0 heterocycles. The highest BCUT2D eigenvalue weighted by Crippen LogP contribution is 1.93. The van der Waals surface area contributed by atoms with Gasteiger partial charge in [0.2, 0.25) is 0 Å². The van der Waals surface area contributed by atoms with E-state index < -0.39 is 0 Å². The summed E-state index contributed by atoms with van der Waals surface area (Å²) in [6.45, 7) is 6.94. The van der Waals surface area contributed by atoms with Crippen LogP contribution < -0.4 is 5.90 Å². The van der Waals surface area contributed by atoms with E-state index in [1.165, 1.54) is 0 Å². The Morgan fingerprint density at radius 3 is 1.58 bits per heavy atom. The predicted octanol–water partition coefficient (Wildman–Crippen LogP) is -1.38. The minimum absolute atomic E-state index is 0.0285. The SMILES string of the molecule is NOCCOCCOCCN(CCCO)CCOCCOCCO. The Kier molecular flexibility index (Phi) is 20.4. The normalized spacial score (nSPS) is 11.5. The zero-order valence-corrected chi connectivity index (χ0v) is 14.6. The molecule has 0 fully saturated rings. The Balaban J connectivity index is 3.55. The average Bonchev–Trinajstić information content (AvgIpc) is 2.60. The van der Waals surface area contributed by atoms with Crippen LogP contribution in [0.15, 0.2) is 0 Å². The molecule has 0 amide bonds. The molecule has 0 aromatic rings. The maximum Gasteiger partial charge on any atom is 0.0913 e. The summed E-state index contributed by atoms with van der Waals surface area (Å²) in [5.41, 5.74) is 0. The maximum absolute atomic E-state index is 8.96. The Morgan fingerprint density at radius 2 is 1.08 bits per heavy atom. The molecule has 4 N–H and O–H groups in total. The summed E-state index contributed by atoms with van der Waals surface area (Å²) in [7, 11) is 0. The highest BCUT2D eigenvalue weighted by Gasteiger charge is 2.04. The van der Waals surface area contributed by atoms with Crippen molar-refractivity contribution in [2.45, 2.75) is 6.42 Å². The maximum atomic E-state index is 8.96. The first kappa shape index (κ1) is 23.6. The van der Waals surface area contributed by atoms with Gasteiger partial charge < -0.3 is 34.0 Å². The number of ether oxygens (including phenoxy) is 4.